The molecule has 0 aromatic rings. The molecule has 0 radical (unpaired) electrons. The number of hydrogen-bond acceptors (Lipinski definition) is 6. The largest absolute Gasteiger partial charge is 0.462 e. The molecule has 69 heavy (non-hydrogen) atoms. The average molecular weight is 960 g/mol. The lowest BCUT2D eigenvalue weighted by Crippen LogP contribution is -2.30. The summed E-state index contributed by atoms with van der Waals surface area (Å²) in [4.78, 5) is 38.1. The third kappa shape index (κ3) is 55.1. The molecule has 0 aromatic heterocycles. The first-order valence-corrected chi connectivity index (χ1v) is 28.7. The molecule has 0 spiro atoms. The number of allylic oxidation sites excluding steroid dienone is 16. The second-order valence-corrected chi connectivity index (χ2v) is 18.8. The van der Waals surface area contributed by atoms with Gasteiger partial charge in [0, 0.05) is 19.3 Å². The molecule has 0 bridgehead atoms. The van der Waals surface area contributed by atoms with Gasteiger partial charge in [0.15, 0.2) is 6.10 Å². The van der Waals surface area contributed by atoms with E-state index in [9.17, 15) is 14.4 Å². The van der Waals surface area contributed by atoms with Crippen LogP contribution in [0.15, 0.2) is 97.2 Å². The van der Waals surface area contributed by atoms with Crippen LogP contribution in [-0.2, 0) is 28.6 Å². The molecule has 0 aliphatic carbocycles. The molecule has 0 saturated heterocycles. The van der Waals surface area contributed by atoms with Crippen molar-refractivity contribution in [3.05, 3.63) is 97.2 Å². The lowest BCUT2D eigenvalue weighted by atomic mass is 10.0. The summed E-state index contributed by atoms with van der Waals surface area (Å²) in [6.07, 6.45) is 75.5. The maximum absolute atomic E-state index is 12.8. The van der Waals surface area contributed by atoms with E-state index in [4.69, 9.17) is 14.2 Å². The number of carbonyl (C=O) groups excluding carboxylic acids is 3. The van der Waals surface area contributed by atoms with Gasteiger partial charge in [-0.2, -0.15) is 0 Å². The van der Waals surface area contributed by atoms with Crippen molar-refractivity contribution in [2.45, 2.75) is 271 Å². The number of rotatable bonds is 51. The summed E-state index contributed by atoms with van der Waals surface area (Å²) in [6.45, 7) is 6.46. The van der Waals surface area contributed by atoms with E-state index in [1.54, 1.807) is 0 Å². The van der Waals surface area contributed by atoms with Gasteiger partial charge in [0.1, 0.15) is 13.2 Å². The number of hydrogen-bond donors (Lipinski definition) is 0. The van der Waals surface area contributed by atoms with Crippen molar-refractivity contribution in [2.24, 2.45) is 0 Å². The van der Waals surface area contributed by atoms with E-state index < -0.39 is 6.10 Å². The highest BCUT2D eigenvalue weighted by Crippen LogP contribution is 2.15. The summed E-state index contributed by atoms with van der Waals surface area (Å²) in [5.74, 6) is -0.964. The third-order valence-electron chi connectivity index (χ3n) is 12.1. The molecule has 1 atom stereocenters. The molecule has 0 aliphatic rings. The lowest BCUT2D eigenvalue weighted by molar-refractivity contribution is -0.167. The summed E-state index contributed by atoms with van der Waals surface area (Å²) >= 11 is 0. The van der Waals surface area contributed by atoms with Crippen molar-refractivity contribution in [1.82, 2.24) is 0 Å². The Hall–Kier alpha value is -3.67. The van der Waals surface area contributed by atoms with E-state index in [1.807, 2.05) is 0 Å². The van der Waals surface area contributed by atoms with E-state index in [-0.39, 0.29) is 37.5 Å². The van der Waals surface area contributed by atoms with E-state index >= 15 is 0 Å². The van der Waals surface area contributed by atoms with Gasteiger partial charge >= 0.3 is 17.9 Å². The van der Waals surface area contributed by atoms with Gasteiger partial charge in [-0.05, 0) is 96.3 Å². The molecule has 0 amide bonds. The molecule has 0 N–H and O–H groups in total. The second-order valence-electron chi connectivity index (χ2n) is 18.8. The van der Waals surface area contributed by atoms with Crippen LogP contribution in [0.3, 0.4) is 0 Å². The minimum Gasteiger partial charge on any atom is -0.462 e. The molecule has 0 aliphatic heterocycles. The highest BCUT2D eigenvalue weighted by atomic mass is 16.6. The van der Waals surface area contributed by atoms with Crippen LogP contribution < -0.4 is 0 Å². The van der Waals surface area contributed by atoms with Gasteiger partial charge in [-0.3, -0.25) is 14.4 Å². The molecular formula is C63H106O6. The summed E-state index contributed by atoms with van der Waals surface area (Å²) < 4.78 is 16.8. The molecule has 0 fully saturated rings. The fourth-order valence-electron chi connectivity index (χ4n) is 7.78. The molecule has 6 heteroatoms. The SMILES string of the molecule is CC/C=C\C/C=C\C/C=C\C/C=C\C/C=C\C/C=C\C/C=C\CCCC(=O)OCC(COC(=O)CCCCCCC/C=C\CCCCC)OC(=O)CCCCCCCCCCCCCCCCCC. The standard InChI is InChI=1S/C63H106O6/c1-4-7-10-13-16-19-22-25-27-29-30-31-32-33-34-35-37-38-41-44-47-50-53-56-62(65)68-59-60(58-67-61(64)55-52-49-46-43-40-24-21-18-15-12-9-6-3)69-63(66)57-54-51-48-45-42-39-36-28-26-23-20-17-14-11-8-5-2/h7,10,16,18-19,21,25,27,30-31,33-34,37-38,44,47,60H,4-6,8-9,11-15,17,20,22-24,26,28-29,32,35-36,39-43,45-46,48-59H2,1-3H3/b10-7-,19-16-,21-18-,27-25-,31-30-,34-33-,38-37-,47-44-. The van der Waals surface area contributed by atoms with Crippen molar-refractivity contribution in [1.29, 1.82) is 0 Å². The van der Waals surface area contributed by atoms with Crippen LogP contribution in [0.5, 0.6) is 0 Å². The predicted molar refractivity (Wildman–Crippen MR) is 297 cm³/mol. The maximum Gasteiger partial charge on any atom is 0.306 e. The van der Waals surface area contributed by atoms with Crippen LogP contribution in [0.2, 0.25) is 0 Å². The molecule has 1 unspecified atom stereocenters. The topological polar surface area (TPSA) is 78.9 Å². The Morgan fingerprint density at radius 1 is 0.304 bits per heavy atom. The zero-order valence-electron chi connectivity index (χ0n) is 45.0. The van der Waals surface area contributed by atoms with E-state index in [1.165, 1.54) is 116 Å². The van der Waals surface area contributed by atoms with E-state index in [2.05, 4.69) is 118 Å². The lowest BCUT2D eigenvalue weighted by Gasteiger charge is -2.18. The molecule has 6 nitrogen and oxygen atoms in total. The maximum atomic E-state index is 12.8. The van der Waals surface area contributed by atoms with Crippen molar-refractivity contribution in [3.63, 3.8) is 0 Å². The Morgan fingerprint density at radius 2 is 0.580 bits per heavy atom. The summed E-state index contributed by atoms with van der Waals surface area (Å²) in [7, 11) is 0. The van der Waals surface area contributed by atoms with E-state index in [0.717, 1.165) is 103 Å². The average Bonchev–Trinajstić information content (AvgIpc) is 3.35. The van der Waals surface area contributed by atoms with Crippen LogP contribution in [0, 0.1) is 0 Å². The summed E-state index contributed by atoms with van der Waals surface area (Å²) in [6, 6.07) is 0. The van der Waals surface area contributed by atoms with Crippen molar-refractivity contribution >= 4 is 17.9 Å². The first-order chi connectivity index (χ1) is 34.0. The summed E-state index contributed by atoms with van der Waals surface area (Å²) in [5.41, 5.74) is 0. The van der Waals surface area contributed by atoms with Gasteiger partial charge in [0.2, 0.25) is 0 Å². The van der Waals surface area contributed by atoms with Gasteiger partial charge in [0.05, 0.1) is 0 Å². The number of ether oxygens (including phenoxy) is 3. The number of carbonyl (C=O) groups is 3. The van der Waals surface area contributed by atoms with Gasteiger partial charge in [0.25, 0.3) is 0 Å². The fourth-order valence-corrected chi connectivity index (χ4v) is 7.78. The Balaban J connectivity index is 4.45. The van der Waals surface area contributed by atoms with Crippen molar-refractivity contribution < 1.29 is 28.6 Å². The smallest absolute Gasteiger partial charge is 0.306 e. The molecular weight excluding hydrogens is 853 g/mol. The number of esters is 3. The van der Waals surface area contributed by atoms with Crippen LogP contribution in [0.25, 0.3) is 0 Å². The second kappa shape index (κ2) is 56.9. The molecule has 394 valence electrons. The first-order valence-electron chi connectivity index (χ1n) is 28.7. The fraction of sp³-hybridized carbons (Fsp3) is 0.698. The highest BCUT2D eigenvalue weighted by molar-refractivity contribution is 5.71. The van der Waals surface area contributed by atoms with Crippen molar-refractivity contribution in [3.8, 4) is 0 Å². The third-order valence-corrected chi connectivity index (χ3v) is 12.1. The van der Waals surface area contributed by atoms with Gasteiger partial charge in [-0.25, -0.2) is 0 Å². The minimum absolute atomic E-state index is 0.0985. The van der Waals surface area contributed by atoms with Crippen LogP contribution >= 0.6 is 0 Å². The summed E-state index contributed by atoms with van der Waals surface area (Å²) in [5, 5.41) is 0. The minimum atomic E-state index is -0.803. The zero-order chi connectivity index (χ0) is 50.0. The van der Waals surface area contributed by atoms with Gasteiger partial charge in [-0.1, -0.05) is 246 Å². The van der Waals surface area contributed by atoms with Crippen molar-refractivity contribution in [2.75, 3.05) is 13.2 Å². The first kappa shape index (κ1) is 65.3. The Labute approximate surface area is 426 Å². The predicted octanol–water partition coefficient (Wildman–Crippen LogP) is 19.3. The molecule has 0 saturated carbocycles. The quantitative estimate of drug-likeness (QED) is 0.0262. The van der Waals surface area contributed by atoms with Crippen LogP contribution in [-0.4, -0.2) is 37.2 Å². The Bertz CT molecular complexity index is 1380. The van der Waals surface area contributed by atoms with Crippen LogP contribution in [0.1, 0.15) is 265 Å². The Morgan fingerprint density at radius 3 is 0.986 bits per heavy atom. The highest BCUT2D eigenvalue weighted by Gasteiger charge is 2.19. The molecule has 0 rings (SSSR count). The normalized spacial score (nSPS) is 12.8. The van der Waals surface area contributed by atoms with Crippen LogP contribution in [0.4, 0.5) is 0 Å². The number of unbranched alkanes of at least 4 members (excludes halogenated alkanes) is 24. The molecule has 0 aromatic carbocycles. The Kier molecular flexibility index (Phi) is 53.9. The van der Waals surface area contributed by atoms with Gasteiger partial charge in [-0.15, -0.1) is 0 Å². The van der Waals surface area contributed by atoms with Gasteiger partial charge < -0.3 is 14.2 Å². The van der Waals surface area contributed by atoms with E-state index in [0.29, 0.717) is 19.3 Å². The molecule has 0 heterocycles. The zero-order valence-corrected chi connectivity index (χ0v) is 45.0. The monoisotopic (exact) mass is 959 g/mol.